The lowest BCUT2D eigenvalue weighted by Crippen LogP contribution is -2.59. The molecule has 1 aromatic carbocycles. The van der Waals surface area contributed by atoms with Crippen LogP contribution in [0, 0.1) is 5.82 Å². The summed E-state index contributed by atoms with van der Waals surface area (Å²) < 4.78 is 54.6. The van der Waals surface area contributed by atoms with E-state index >= 15 is 0 Å². The highest BCUT2D eigenvalue weighted by Gasteiger charge is 2.47. The summed E-state index contributed by atoms with van der Waals surface area (Å²) in [6, 6.07) is 9.14. The molecule has 9 nitrogen and oxygen atoms in total. The topological polar surface area (TPSA) is 110 Å². The summed E-state index contributed by atoms with van der Waals surface area (Å²) in [5, 5.41) is -0.911. The standard InChI is InChI=1S/C29H37FN4O5S/c1-19(22-9-7-8-10-23(22)30)32-26-33-40(36,37)25(29(5,6)38-26)17-20-11-12-24(31-18-20)21-13-15-34(16-14-21)27(35)39-28(2,3)4/h7-13,18-19,25H,14-17H2,1-6H3,(H,32,33)/t19-,25?/m0/s1. The van der Waals surface area contributed by atoms with Gasteiger partial charge in [0.2, 0.25) is 10.0 Å². The van der Waals surface area contributed by atoms with Gasteiger partial charge >= 0.3 is 6.09 Å². The maximum Gasteiger partial charge on any atom is 0.410 e. The molecule has 1 N–H and O–H groups in total. The van der Waals surface area contributed by atoms with E-state index in [1.54, 1.807) is 50.1 Å². The minimum absolute atomic E-state index is 0.157. The number of carbonyl (C=O) groups excluding carboxylic acids is 1. The number of nitrogens with one attached hydrogen (secondary N) is 1. The molecule has 0 saturated carbocycles. The monoisotopic (exact) mass is 572 g/mol. The molecule has 0 bridgehead atoms. The number of halogens is 1. The van der Waals surface area contributed by atoms with Crippen LogP contribution in [0.4, 0.5) is 9.18 Å². The van der Waals surface area contributed by atoms with Gasteiger partial charge < -0.3 is 14.4 Å². The quantitative estimate of drug-likeness (QED) is 0.540. The number of hydrogen-bond acceptors (Lipinski definition) is 7. The molecule has 1 fully saturated rings. The van der Waals surface area contributed by atoms with Crippen LogP contribution in [-0.2, 0) is 25.9 Å². The van der Waals surface area contributed by atoms with Crippen LogP contribution in [0.25, 0.3) is 5.57 Å². The van der Waals surface area contributed by atoms with Crippen molar-refractivity contribution >= 4 is 27.7 Å². The Morgan fingerprint density at radius 2 is 2.00 bits per heavy atom. The number of hydrogen-bond donors (Lipinski definition) is 1. The number of nitrogens with zero attached hydrogens (tertiary/aromatic N) is 3. The fraction of sp³-hybridized carbons (Fsp3) is 0.483. The number of carbonyl (C=O) groups is 1. The third kappa shape index (κ3) is 6.99. The summed E-state index contributed by atoms with van der Waals surface area (Å²) in [6.45, 7) is 11.5. The molecule has 216 valence electrons. The summed E-state index contributed by atoms with van der Waals surface area (Å²) in [7, 11) is -3.86. The molecule has 1 aromatic heterocycles. The molecule has 1 unspecified atom stereocenters. The van der Waals surface area contributed by atoms with Gasteiger partial charge in [0.05, 0.1) is 11.7 Å². The first-order chi connectivity index (χ1) is 18.6. The van der Waals surface area contributed by atoms with Gasteiger partial charge in [-0.1, -0.05) is 30.3 Å². The Balaban J connectivity index is 1.43. The number of sulfonamides is 1. The van der Waals surface area contributed by atoms with E-state index in [1.165, 1.54) is 6.07 Å². The van der Waals surface area contributed by atoms with E-state index in [4.69, 9.17) is 9.47 Å². The number of benzene rings is 1. The Morgan fingerprint density at radius 1 is 1.27 bits per heavy atom. The molecular weight excluding hydrogens is 535 g/mol. The Morgan fingerprint density at radius 3 is 2.58 bits per heavy atom. The summed E-state index contributed by atoms with van der Waals surface area (Å²) >= 11 is 0. The van der Waals surface area contributed by atoms with Gasteiger partial charge in [-0.2, -0.15) is 0 Å². The van der Waals surface area contributed by atoms with E-state index in [2.05, 4.69) is 14.7 Å². The molecule has 1 saturated heterocycles. The number of ether oxygens (including phenoxy) is 2. The van der Waals surface area contributed by atoms with Crippen LogP contribution < -0.4 is 4.72 Å². The second kappa shape index (κ2) is 11.2. The Hall–Kier alpha value is -3.47. The van der Waals surface area contributed by atoms with E-state index < -0.39 is 38.3 Å². The molecule has 1 amide bonds. The average molecular weight is 573 g/mol. The van der Waals surface area contributed by atoms with Crippen molar-refractivity contribution in [2.75, 3.05) is 13.1 Å². The molecule has 0 spiro atoms. The second-order valence-electron chi connectivity index (χ2n) is 11.6. The van der Waals surface area contributed by atoms with Gasteiger partial charge in [-0.05, 0) is 77.7 Å². The molecule has 11 heteroatoms. The second-order valence-corrected chi connectivity index (χ2v) is 13.5. The number of aliphatic imine (C=N–C) groups is 1. The first-order valence-corrected chi connectivity index (χ1v) is 14.8. The first kappa shape index (κ1) is 29.5. The lowest BCUT2D eigenvalue weighted by Gasteiger charge is -2.39. The van der Waals surface area contributed by atoms with Crippen molar-refractivity contribution in [2.45, 2.75) is 76.9 Å². The molecule has 2 aliphatic heterocycles. The number of rotatable bonds is 5. The smallest absolute Gasteiger partial charge is 0.410 e. The average Bonchev–Trinajstić information content (AvgIpc) is 2.85. The van der Waals surface area contributed by atoms with Gasteiger partial charge in [-0.3, -0.25) is 4.98 Å². The van der Waals surface area contributed by atoms with Crippen LogP contribution in [0.1, 0.15) is 70.8 Å². The van der Waals surface area contributed by atoms with Gasteiger partial charge in [0.15, 0.2) is 0 Å². The number of amides is 1. The van der Waals surface area contributed by atoms with E-state index in [1.807, 2.05) is 39.0 Å². The predicted molar refractivity (Wildman–Crippen MR) is 152 cm³/mol. The van der Waals surface area contributed by atoms with Gasteiger partial charge in [-0.15, -0.1) is 0 Å². The zero-order chi connectivity index (χ0) is 29.3. The molecule has 2 aromatic rings. The van der Waals surface area contributed by atoms with Crippen LogP contribution in [0.2, 0.25) is 0 Å². The van der Waals surface area contributed by atoms with Gasteiger partial charge in [0.25, 0.3) is 6.02 Å². The fourth-order valence-electron chi connectivity index (χ4n) is 4.71. The molecule has 0 aliphatic carbocycles. The van der Waals surface area contributed by atoms with Crippen molar-refractivity contribution in [3.63, 3.8) is 0 Å². The van der Waals surface area contributed by atoms with E-state index in [0.29, 0.717) is 25.1 Å². The normalized spacial score (nSPS) is 22.1. The van der Waals surface area contributed by atoms with Crippen molar-refractivity contribution in [1.82, 2.24) is 14.6 Å². The minimum Gasteiger partial charge on any atom is -0.457 e. The summed E-state index contributed by atoms with van der Waals surface area (Å²) in [5.74, 6) is -0.421. The molecule has 0 radical (unpaired) electrons. The molecule has 2 aliphatic rings. The highest BCUT2D eigenvalue weighted by atomic mass is 32.2. The third-order valence-corrected chi connectivity index (χ3v) is 8.78. The summed E-state index contributed by atoms with van der Waals surface area (Å²) in [5.41, 5.74) is 1.23. The van der Waals surface area contributed by atoms with Crippen molar-refractivity contribution in [3.05, 3.63) is 71.3 Å². The molecule has 40 heavy (non-hydrogen) atoms. The maximum absolute atomic E-state index is 14.2. The Labute approximate surface area is 235 Å². The number of amidine groups is 1. The van der Waals surface area contributed by atoms with Crippen molar-refractivity contribution < 1.29 is 27.1 Å². The summed E-state index contributed by atoms with van der Waals surface area (Å²) in [6.07, 6.45) is 4.11. The van der Waals surface area contributed by atoms with E-state index in [0.717, 1.165) is 16.8 Å². The number of pyridine rings is 1. The van der Waals surface area contributed by atoms with Crippen molar-refractivity contribution in [1.29, 1.82) is 0 Å². The van der Waals surface area contributed by atoms with E-state index in [-0.39, 0.29) is 18.5 Å². The Kier molecular flexibility index (Phi) is 8.26. The fourth-order valence-corrected chi connectivity index (χ4v) is 6.40. The third-order valence-electron chi connectivity index (χ3n) is 6.84. The molecule has 3 heterocycles. The van der Waals surface area contributed by atoms with Gasteiger partial charge in [-0.25, -0.2) is 27.3 Å². The van der Waals surface area contributed by atoms with Gasteiger partial charge in [0, 0.05) is 24.8 Å². The van der Waals surface area contributed by atoms with Crippen LogP contribution in [0.3, 0.4) is 0 Å². The lowest BCUT2D eigenvalue weighted by atomic mass is 9.97. The van der Waals surface area contributed by atoms with Crippen LogP contribution in [-0.4, -0.2) is 60.0 Å². The van der Waals surface area contributed by atoms with Crippen LogP contribution in [0.15, 0.2) is 53.7 Å². The highest BCUT2D eigenvalue weighted by Crippen LogP contribution is 2.31. The minimum atomic E-state index is -3.86. The Bertz CT molecular complexity index is 1410. The van der Waals surface area contributed by atoms with Crippen LogP contribution in [0.5, 0.6) is 0 Å². The predicted octanol–water partition coefficient (Wildman–Crippen LogP) is 5.00. The number of aromatic nitrogens is 1. The highest BCUT2D eigenvalue weighted by molar-refractivity contribution is 7.90. The molecular formula is C29H37FN4O5S. The zero-order valence-electron chi connectivity index (χ0n) is 23.8. The van der Waals surface area contributed by atoms with Gasteiger partial charge in [0.1, 0.15) is 22.3 Å². The van der Waals surface area contributed by atoms with Crippen LogP contribution >= 0.6 is 0 Å². The molecule has 2 atom stereocenters. The van der Waals surface area contributed by atoms with Crippen molar-refractivity contribution in [3.8, 4) is 0 Å². The lowest BCUT2D eigenvalue weighted by molar-refractivity contribution is 0.0270. The molecule has 4 rings (SSSR count). The van der Waals surface area contributed by atoms with Crippen molar-refractivity contribution in [2.24, 2.45) is 4.99 Å². The zero-order valence-corrected chi connectivity index (χ0v) is 24.6. The maximum atomic E-state index is 14.2. The SMILES string of the molecule is C[C@H](N=C1NS(=O)(=O)C(Cc2ccc(C3=CCN(C(=O)OC(C)(C)C)CC3)nc2)C(C)(C)O1)c1ccccc1F. The van der Waals surface area contributed by atoms with E-state index in [9.17, 15) is 17.6 Å². The summed E-state index contributed by atoms with van der Waals surface area (Å²) in [4.78, 5) is 22.9. The first-order valence-electron chi connectivity index (χ1n) is 13.3. The largest absolute Gasteiger partial charge is 0.457 e.